The van der Waals surface area contributed by atoms with Gasteiger partial charge in [-0.25, -0.2) is 4.98 Å². The molecule has 0 saturated heterocycles. The van der Waals surface area contributed by atoms with Crippen LogP contribution in [-0.2, 0) is 11.2 Å². The molecule has 1 amide bonds. The Morgan fingerprint density at radius 2 is 2.05 bits per heavy atom. The van der Waals surface area contributed by atoms with Gasteiger partial charge in [0.1, 0.15) is 11.3 Å². The first-order chi connectivity index (χ1) is 10.2. The van der Waals surface area contributed by atoms with Crippen LogP contribution in [0.5, 0.6) is 5.75 Å². The van der Waals surface area contributed by atoms with E-state index in [1.54, 1.807) is 25.3 Å². The maximum absolute atomic E-state index is 12.0. The van der Waals surface area contributed by atoms with Crippen molar-refractivity contribution in [1.82, 2.24) is 4.98 Å². The van der Waals surface area contributed by atoms with Crippen molar-refractivity contribution in [1.29, 1.82) is 0 Å². The molecule has 21 heavy (non-hydrogen) atoms. The highest BCUT2D eigenvalue weighted by Crippen LogP contribution is 2.18. The fourth-order valence-corrected chi connectivity index (χ4v) is 2.07. The molecule has 0 bridgehead atoms. The molecule has 1 heterocycles. The van der Waals surface area contributed by atoms with Gasteiger partial charge >= 0.3 is 0 Å². The number of benzene rings is 2. The lowest BCUT2D eigenvalue weighted by molar-refractivity contribution is -0.115. The van der Waals surface area contributed by atoms with Gasteiger partial charge in [0.15, 0.2) is 12.0 Å². The fourth-order valence-electron chi connectivity index (χ4n) is 2.07. The Bertz CT molecular complexity index is 763. The molecule has 0 aliphatic rings. The maximum atomic E-state index is 12.0. The third-order valence-corrected chi connectivity index (χ3v) is 3.14. The van der Waals surface area contributed by atoms with Gasteiger partial charge in [-0.1, -0.05) is 12.1 Å². The Kier molecular flexibility index (Phi) is 3.55. The monoisotopic (exact) mass is 282 g/mol. The Morgan fingerprint density at radius 3 is 2.81 bits per heavy atom. The molecule has 2 aromatic carbocycles. The van der Waals surface area contributed by atoms with Gasteiger partial charge in [0, 0.05) is 5.69 Å². The predicted octanol–water partition coefficient (Wildman–Crippen LogP) is 3.02. The fraction of sp³-hybridized carbons (Fsp3) is 0.125. The van der Waals surface area contributed by atoms with E-state index in [9.17, 15) is 4.79 Å². The molecule has 1 aromatic heterocycles. The predicted molar refractivity (Wildman–Crippen MR) is 79.3 cm³/mol. The number of hydrogen-bond acceptors (Lipinski definition) is 4. The van der Waals surface area contributed by atoms with Gasteiger partial charge < -0.3 is 14.5 Å². The number of oxazole rings is 1. The number of nitrogens with zero attached hydrogens (tertiary/aromatic N) is 1. The number of fused-ring (bicyclic) bond motifs is 1. The summed E-state index contributed by atoms with van der Waals surface area (Å²) in [5, 5.41) is 2.85. The second kappa shape index (κ2) is 5.66. The third kappa shape index (κ3) is 3.02. The number of rotatable bonds is 4. The third-order valence-electron chi connectivity index (χ3n) is 3.14. The van der Waals surface area contributed by atoms with E-state index in [4.69, 9.17) is 9.15 Å². The molecule has 0 spiro atoms. The van der Waals surface area contributed by atoms with Crippen LogP contribution in [0.15, 0.2) is 53.3 Å². The van der Waals surface area contributed by atoms with E-state index in [0.29, 0.717) is 17.7 Å². The average Bonchev–Trinajstić information content (AvgIpc) is 2.95. The van der Waals surface area contributed by atoms with Crippen molar-refractivity contribution in [2.45, 2.75) is 6.42 Å². The first kappa shape index (κ1) is 13.2. The first-order valence-electron chi connectivity index (χ1n) is 6.50. The molecule has 3 rings (SSSR count). The number of aromatic nitrogens is 1. The Labute approximate surface area is 121 Å². The first-order valence-corrected chi connectivity index (χ1v) is 6.50. The molecule has 1 N–H and O–H groups in total. The molecule has 0 unspecified atom stereocenters. The number of nitrogens with one attached hydrogen (secondary N) is 1. The van der Waals surface area contributed by atoms with Gasteiger partial charge in [-0.05, 0) is 35.9 Å². The number of ether oxygens (including phenoxy) is 1. The summed E-state index contributed by atoms with van der Waals surface area (Å²) in [6.07, 6.45) is 1.69. The summed E-state index contributed by atoms with van der Waals surface area (Å²) in [7, 11) is 1.61. The van der Waals surface area contributed by atoms with Crippen LogP contribution in [0.3, 0.4) is 0 Å². The normalized spacial score (nSPS) is 10.5. The standard InChI is InChI=1S/C16H14N2O3/c1-20-13-5-2-11(3-6-13)8-16(19)18-12-4-7-15-14(9-12)17-10-21-15/h2-7,9-10H,8H2,1H3,(H,18,19). The number of anilines is 1. The van der Waals surface area contributed by atoms with E-state index in [-0.39, 0.29) is 5.91 Å². The minimum absolute atomic E-state index is 0.0805. The van der Waals surface area contributed by atoms with Gasteiger partial charge in [0.05, 0.1) is 13.5 Å². The summed E-state index contributed by atoms with van der Waals surface area (Å²) < 4.78 is 10.2. The summed E-state index contributed by atoms with van der Waals surface area (Å²) >= 11 is 0. The van der Waals surface area contributed by atoms with Crippen molar-refractivity contribution in [3.05, 3.63) is 54.4 Å². The lowest BCUT2D eigenvalue weighted by Crippen LogP contribution is -2.14. The minimum atomic E-state index is -0.0805. The molecule has 0 aliphatic carbocycles. The SMILES string of the molecule is COc1ccc(CC(=O)Nc2ccc3ocnc3c2)cc1. The van der Waals surface area contributed by atoms with Crippen molar-refractivity contribution in [2.24, 2.45) is 0 Å². The van der Waals surface area contributed by atoms with E-state index in [1.165, 1.54) is 6.39 Å². The second-order valence-corrected chi connectivity index (χ2v) is 4.61. The summed E-state index contributed by atoms with van der Waals surface area (Å²) in [5.41, 5.74) is 3.05. The summed E-state index contributed by atoms with van der Waals surface area (Å²) in [5.74, 6) is 0.693. The van der Waals surface area contributed by atoms with Crippen LogP contribution in [0.25, 0.3) is 11.1 Å². The van der Waals surface area contributed by atoms with Crippen molar-refractivity contribution >= 4 is 22.7 Å². The molecular formula is C16H14N2O3. The molecule has 0 atom stereocenters. The highest BCUT2D eigenvalue weighted by Gasteiger charge is 2.06. The summed E-state index contributed by atoms with van der Waals surface area (Å²) in [4.78, 5) is 16.1. The molecule has 0 aliphatic heterocycles. The van der Waals surface area contributed by atoms with Gasteiger partial charge in [0.25, 0.3) is 0 Å². The summed E-state index contributed by atoms with van der Waals surface area (Å²) in [6, 6.07) is 12.8. The highest BCUT2D eigenvalue weighted by molar-refractivity contribution is 5.94. The van der Waals surface area contributed by atoms with Crippen molar-refractivity contribution in [2.75, 3.05) is 12.4 Å². The zero-order valence-electron chi connectivity index (χ0n) is 11.5. The molecule has 3 aromatic rings. The maximum Gasteiger partial charge on any atom is 0.228 e. The van der Waals surface area contributed by atoms with E-state index >= 15 is 0 Å². The Hall–Kier alpha value is -2.82. The highest BCUT2D eigenvalue weighted by atomic mass is 16.5. The van der Waals surface area contributed by atoms with Crippen LogP contribution in [-0.4, -0.2) is 18.0 Å². The van der Waals surface area contributed by atoms with Gasteiger partial charge in [-0.3, -0.25) is 4.79 Å². The lowest BCUT2D eigenvalue weighted by atomic mass is 10.1. The van der Waals surface area contributed by atoms with E-state index in [0.717, 1.165) is 16.8 Å². The Balaban J connectivity index is 1.67. The number of carbonyl (C=O) groups excluding carboxylic acids is 1. The molecule has 0 radical (unpaired) electrons. The number of carbonyl (C=O) groups is 1. The average molecular weight is 282 g/mol. The molecule has 5 nitrogen and oxygen atoms in total. The van der Waals surface area contributed by atoms with Crippen LogP contribution >= 0.6 is 0 Å². The minimum Gasteiger partial charge on any atom is -0.497 e. The summed E-state index contributed by atoms with van der Waals surface area (Å²) in [6.45, 7) is 0. The van der Waals surface area contributed by atoms with Gasteiger partial charge in [0.2, 0.25) is 5.91 Å². The second-order valence-electron chi connectivity index (χ2n) is 4.61. The lowest BCUT2D eigenvalue weighted by Gasteiger charge is -2.06. The smallest absolute Gasteiger partial charge is 0.228 e. The van der Waals surface area contributed by atoms with Crippen LogP contribution in [0.2, 0.25) is 0 Å². The Morgan fingerprint density at radius 1 is 1.24 bits per heavy atom. The van der Waals surface area contributed by atoms with Crippen molar-refractivity contribution in [3.8, 4) is 5.75 Å². The van der Waals surface area contributed by atoms with Crippen molar-refractivity contribution in [3.63, 3.8) is 0 Å². The number of methoxy groups -OCH3 is 1. The van der Waals surface area contributed by atoms with Gasteiger partial charge in [-0.15, -0.1) is 0 Å². The van der Waals surface area contributed by atoms with Crippen LogP contribution in [0.1, 0.15) is 5.56 Å². The van der Waals surface area contributed by atoms with Crippen molar-refractivity contribution < 1.29 is 13.9 Å². The van der Waals surface area contributed by atoms with Crippen LogP contribution in [0, 0.1) is 0 Å². The number of amides is 1. The number of hydrogen-bond donors (Lipinski definition) is 1. The molecule has 0 saturated carbocycles. The van der Waals surface area contributed by atoms with Crippen LogP contribution in [0.4, 0.5) is 5.69 Å². The molecule has 0 fully saturated rings. The molecule has 5 heteroatoms. The van der Waals surface area contributed by atoms with Gasteiger partial charge in [-0.2, -0.15) is 0 Å². The van der Waals surface area contributed by atoms with E-state index in [2.05, 4.69) is 10.3 Å². The van der Waals surface area contributed by atoms with E-state index in [1.807, 2.05) is 24.3 Å². The van der Waals surface area contributed by atoms with E-state index < -0.39 is 0 Å². The molecule has 106 valence electrons. The zero-order valence-corrected chi connectivity index (χ0v) is 11.5. The topological polar surface area (TPSA) is 64.4 Å². The largest absolute Gasteiger partial charge is 0.497 e. The van der Waals surface area contributed by atoms with Crippen LogP contribution < -0.4 is 10.1 Å². The quantitative estimate of drug-likeness (QED) is 0.799. The zero-order chi connectivity index (χ0) is 14.7. The molecular weight excluding hydrogens is 268 g/mol.